The number of hydroxylamine groups is 1. The Morgan fingerprint density at radius 3 is 2.17 bits per heavy atom. The van der Waals surface area contributed by atoms with Crippen LogP contribution < -0.4 is 10.8 Å². The highest BCUT2D eigenvalue weighted by atomic mass is 28.4. The van der Waals surface area contributed by atoms with Gasteiger partial charge >= 0.3 is 0 Å². The summed E-state index contributed by atoms with van der Waals surface area (Å²) in [5.41, 5.74) is 3.84. The summed E-state index contributed by atoms with van der Waals surface area (Å²) in [5, 5.41) is 3.17. The molecule has 0 unspecified atom stereocenters. The fraction of sp³-hybridized carbons (Fsp3) is 0.500. The van der Waals surface area contributed by atoms with Crippen LogP contribution in [-0.4, -0.2) is 35.1 Å². The molecule has 0 aliphatic carbocycles. The predicted molar refractivity (Wildman–Crippen MR) is 107 cm³/mol. The van der Waals surface area contributed by atoms with Crippen molar-refractivity contribution in [1.82, 2.24) is 5.48 Å². The summed E-state index contributed by atoms with van der Waals surface area (Å²) >= 11 is 0. The molecule has 0 aliphatic heterocycles. The van der Waals surface area contributed by atoms with Crippen LogP contribution in [0.3, 0.4) is 0 Å². The zero-order valence-electron chi connectivity index (χ0n) is 15.8. The number of guanidine groups is 1. The minimum absolute atomic E-state index is 0.396. The molecule has 1 aromatic rings. The molecule has 134 valence electrons. The van der Waals surface area contributed by atoms with Gasteiger partial charge in [0.1, 0.15) is 0 Å². The molecule has 0 aromatic heterocycles. The fourth-order valence-electron chi connectivity index (χ4n) is 1.56. The van der Waals surface area contributed by atoms with Crippen LogP contribution in [0.25, 0.3) is 0 Å². The van der Waals surface area contributed by atoms with E-state index in [9.17, 15) is 0 Å². The molecule has 0 atom stereocenters. The minimum Gasteiger partial charge on any atom is -0.465 e. The smallest absolute Gasteiger partial charge is 0.297 e. The molecule has 0 saturated carbocycles. The van der Waals surface area contributed by atoms with Crippen molar-refractivity contribution >= 4 is 34.2 Å². The third kappa shape index (κ3) is 9.48. The molecule has 0 bridgehead atoms. The van der Waals surface area contributed by atoms with Gasteiger partial charge in [-0.25, -0.2) is 5.48 Å². The molecule has 1 aromatic carbocycles. The van der Waals surface area contributed by atoms with E-state index in [1.807, 2.05) is 37.3 Å². The van der Waals surface area contributed by atoms with Gasteiger partial charge in [-0.2, -0.15) is 4.99 Å². The average Bonchev–Trinajstić information content (AvgIpc) is 2.44. The highest BCUT2D eigenvalue weighted by Gasteiger charge is 2.19. The first-order valence-corrected chi connectivity index (χ1v) is 15.0. The van der Waals surface area contributed by atoms with Crippen molar-refractivity contribution in [3.05, 3.63) is 30.3 Å². The van der Waals surface area contributed by atoms with E-state index in [0.717, 1.165) is 5.69 Å². The number of para-hydroxylation sites is 1. The molecule has 24 heavy (non-hydrogen) atoms. The Bertz CT molecular complexity index is 564. The number of nitrogens with zero attached hydrogens (tertiary/aromatic N) is 2. The van der Waals surface area contributed by atoms with Crippen LogP contribution >= 0.6 is 0 Å². The van der Waals surface area contributed by atoms with Crippen LogP contribution in [0.15, 0.2) is 40.0 Å². The topological polar surface area (TPSA) is 67.2 Å². The monoisotopic (exact) mass is 366 g/mol. The molecular formula is C16H30N4O2Si2. The number of anilines is 1. The van der Waals surface area contributed by atoms with Crippen molar-refractivity contribution in [2.45, 2.75) is 46.2 Å². The third-order valence-corrected chi connectivity index (χ3v) is 4.00. The van der Waals surface area contributed by atoms with Crippen LogP contribution in [0, 0.1) is 0 Å². The van der Waals surface area contributed by atoms with Gasteiger partial charge in [-0.15, -0.1) is 0 Å². The van der Waals surface area contributed by atoms with Crippen molar-refractivity contribution in [3.63, 3.8) is 0 Å². The van der Waals surface area contributed by atoms with Gasteiger partial charge in [-0.1, -0.05) is 18.2 Å². The summed E-state index contributed by atoms with van der Waals surface area (Å²) in [6.45, 7) is 15.2. The lowest BCUT2D eigenvalue weighted by atomic mass is 10.3. The maximum absolute atomic E-state index is 5.76. The number of hydrogen-bond donors (Lipinski definition) is 2. The van der Waals surface area contributed by atoms with Crippen LogP contribution in [-0.2, 0) is 9.26 Å². The standard InChI is InChI=1S/C16H30N4O2Si2/c1-8-21-16(17-14-12-10-9-11-13-14)18-15(20-23(2,3)4)19-22-24(5,6)7/h9-13H,8H2,1-7H3,(H2,17,18,19,20). The molecule has 0 fully saturated rings. The van der Waals surface area contributed by atoms with E-state index in [2.05, 4.69) is 55.1 Å². The third-order valence-electron chi connectivity index (χ3n) is 2.40. The number of aliphatic imine (C=N–C) groups is 1. The SMILES string of the molecule is CCO/C(=N\C(=N\[Si](C)(C)C)NO[Si](C)(C)C)Nc1ccccc1. The van der Waals surface area contributed by atoms with E-state index in [-0.39, 0.29) is 0 Å². The van der Waals surface area contributed by atoms with Crippen LogP contribution in [0.2, 0.25) is 39.3 Å². The Kier molecular flexibility index (Phi) is 7.65. The first-order chi connectivity index (χ1) is 11.1. The summed E-state index contributed by atoms with van der Waals surface area (Å²) < 4.78 is 16.1. The molecule has 2 N–H and O–H groups in total. The molecule has 1 rings (SSSR count). The summed E-state index contributed by atoms with van der Waals surface area (Å²) in [6, 6.07) is 10.2. The summed E-state index contributed by atoms with van der Waals surface area (Å²) in [6.07, 6.45) is 0. The molecule has 8 heteroatoms. The Morgan fingerprint density at radius 2 is 1.67 bits per heavy atom. The summed E-state index contributed by atoms with van der Waals surface area (Å²) in [5.74, 6) is 0.448. The van der Waals surface area contributed by atoms with Gasteiger partial charge in [0.05, 0.1) is 6.61 Å². The van der Waals surface area contributed by atoms with Gasteiger partial charge in [-0.05, 0) is 58.3 Å². The lowest BCUT2D eigenvalue weighted by Gasteiger charge is -2.20. The second kappa shape index (κ2) is 9.00. The number of ether oxygens (including phenoxy) is 1. The Balaban J connectivity index is 3.02. The van der Waals surface area contributed by atoms with Crippen molar-refractivity contribution in [3.8, 4) is 0 Å². The number of benzene rings is 1. The van der Waals surface area contributed by atoms with E-state index in [1.165, 1.54) is 0 Å². The molecule has 0 heterocycles. The fourth-order valence-corrected chi connectivity index (χ4v) is 2.69. The number of hydrogen-bond acceptors (Lipinski definition) is 3. The molecule has 0 aliphatic rings. The van der Waals surface area contributed by atoms with Crippen LogP contribution in [0.1, 0.15) is 6.92 Å². The van der Waals surface area contributed by atoms with Gasteiger partial charge in [0.15, 0.2) is 8.24 Å². The largest absolute Gasteiger partial charge is 0.465 e. The van der Waals surface area contributed by atoms with Gasteiger partial charge in [0.2, 0.25) is 14.3 Å². The normalized spacial score (nSPS) is 13.6. The van der Waals surface area contributed by atoms with Crippen LogP contribution in [0.5, 0.6) is 0 Å². The molecular weight excluding hydrogens is 336 g/mol. The van der Waals surface area contributed by atoms with E-state index < -0.39 is 16.6 Å². The predicted octanol–water partition coefficient (Wildman–Crippen LogP) is 4.04. The van der Waals surface area contributed by atoms with Gasteiger partial charge in [-0.3, -0.25) is 4.66 Å². The Morgan fingerprint density at radius 1 is 1.04 bits per heavy atom. The first-order valence-electron chi connectivity index (χ1n) is 8.16. The minimum atomic E-state index is -1.75. The quantitative estimate of drug-likeness (QED) is 0.357. The number of rotatable bonds is 5. The zero-order chi connectivity index (χ0) is 18.2. The first kappa shape index (κ1) is 20.4. The van der Waals surface area contributed by atoms with Gasteiger partial charge in [0.25, 0.3) is 6.02 Å². The molecule has 0 radical (unpaired) electrons. The molecule has 0 amide bonds. The second-order valence-corrected chi connectivity index (χ2v) is 16.3. The molecule has 6 nitrogen and oxygen atoms in total. The highest BCUT2D eigenvalue weighted by Crippen LogP contribution is 2.08. The molecule has 0 spiro atoms. The van der Waals surface area contributed by atoms with E-state index in [1.54, 1.807) is 0 Å². The van der Waals surface area contributed by atoms with Crippen molar-refractivity contribution in [2.24, 2.45) is 9.65 Å². The maximum atomic E-state index is 5.76. The Labute approximate surface area is 147 Å². The second-order valence-electron chi connectivity index (χ2n) is 7.26. The Hall–Kier alpha value is -1.65. The maximum Gasteiger partial charge on any atom is 0.297 e. The average molecular weight is 367 g/mol. The molecule has 0 saturated heterocycles. The van der Waals surface area contributed by atoms with Crippen molar-refractivity contribution < 1.29 is 9.26 Å². The summed E-state index contributed by atoms with van der Waals surface area (Å²) in [7, 11) is -3.47. The van der Waals surface area contributed by atoms with E-state index in [0.29, 0.717) is 18.6 Å². The highest BCUT2D eigenvalue weighted by molar-refractivity contribution is 6.75. The van der Waals surface area contributed by atoms with E-state index >= 15 is 0 Å². The van der Waals surface area contributed by atoms with Gasteiger partial charge in [0, 0.05) is 5.69 Å². The lowest BCUT2D eigenvalue weighted by molar-refractivity contribution is 0.252. The lowest BCUT2D eigenvalue weighted by Crippen LogP contribution is -2.39. The van der Waals surface area contributed by atoms with Crippen LogP contribution in [0.4, 0.5) is 5.69 Å². The number of amidine groups is 1. The van der Waals surface area contributed by atoms with Gasteiger partial charge < -0.3 is 14.6 Å². The van der Waals surface area contributed by atoms with E-state index in [4.69, 9.17) is 13.9 Å². The zero-order valence-corrected chi connectivity index (χ0v) is 17.8. The van der Waals surface area contributed by atoms with Crippen molar-refractivity contribution in [2.75, 3.05) is 11.9 Å². The summed E-state index contributed by atoms with van der Waals surface area (Å²) in [4.78, 5) is 4.50. The van der Waals surface area contributed by atoms with Crippen molar-refractivity contribution in [1.29, 1.82) is 0 Å². The number of nitrogens with one attached hydrogen (secondary N) is 2.